The molecule has 0 amide bonds. The first-order valence-corrected chi connectivity index (χ1v) is 21.5. The predicted molar refractivity (Wildman–Crippen MR) is 188 cm³/mol. The Hall–Kier alpha value is -2.30. The minimum atomic E-state index is -4.18. The second kappa shape index (κ2) is 13.8. The van der Waals surface area contributed by atoms with Gasteiger partial charge in [-0.3, -0.25) is 9.05 Å². The standard InChI is InChI=1S/C28H37N9O10P2S2/c29-5-1-3-13-7-37(25-17(13)23(30)32-11-34-25)28-22-19(38)15(44-28)9-42-48(40,50)46-21-16(10-43-49(41,51)47-22)45-27(20(21)39)36-8-14-4-2-6-31-24-18(14)26(36)35-12-33-24/h7-8,11-12,15-16,19-22,27-28,38-39H,1-6,9-10,29H2,(H,40,50)(H,41,51)(H2,30,32,34)(H,31,33,35)/t15-,16-,19-,20-,21-,22-,27-,28-,48?,49?/m1/s1. The number of hydrogen-bond acceptors (Lipinski definition) is 17. The van der Waals surface area contributed by atoms with Gasteiger partial charge in [-0.2, -0.15) is 0 Å². The van der Waals surface area contributed by atoms with Gasteiger partial charge in [-0.05, 0) is 67.0 Å². The Balaban J connectivity index is 1.11. The van der Waals surface area contributed by atoms with Crippen molar-refractivity contribution in [3.05, 3.63) is 36.2 Å². The van der Waals surface area contributed by atoms with Crippen LogP contribution < -0.4 is 16.8 Å². The van der Waals surface area contributed by atoms with Crippen molar-refractivity contribution in [3.63, 3.8) is 0 Å². The molecule has 23 heteroatoms. The first kappa shape index (κ1) is 35.7. The number of fused-ring (bicyclic) bond motifs is 4. The molecule has 4 aromatic rings. The summed E-state index contributed by atoms with van der Waals surface area (Å²) in [6.07, 6.45) is -0.847. The molecule has 9 N–H and O–H groups in total. The third-order valence-electron chi connectivity index (χ3n) is 9.45. The van der Waals surface area contributed by atoms with E-state index in [1.54, 1.807) is 15.3 Å². The summed E-state index contributed by atoms with van der Waals surface area (Å²) < 4.78 is 39.2. The Bertz CT molecular complexity index is 2060. The van der Waals surface area contributed by atoms with E-state index in [9.17, 15) is 20.0 Å². The second-order valence-corrected chi connectivity index (χ2v) is 18.3. The third-order valence-corrected chi connectivity index (χ3v) is 12.6. The van der Waals surface area contributed by atoms with E-state index in [2.05, 4.69) is 25.3 Å². The highest BCUT2D eigenvalue weighted by molar-refractivity contribution is 8.07. The zero-order valence-electron chi connectivity index (χ0n) is 26.9. The van der Waals surface area contributed by atoms with E-state index >= 15 is 0 Å². The number of nitrogens with two attached hydrogens (primary N) is 2. The van der Waals surface area contributed by atoms with E-state index in [-0.39, 0.29) is 5.82 Å². The topological polar surface area (TPSA) is 262 Å². The minimum Gasteiger partial charge on any atom is -0.387 e. The van der Waals surface area contributed by atoms with E-state index in [1.807, 2.05) is 6.20 Å². The fourth-order valence-electron chi connectivity index (χ4n) is 7.14. The summed E-state index contributed by atoms with van der Waals surface area (Å²) in [5.41, 5.74) is 14.7. The lowest BCUT2D eigenvalue weighted by Crippen LogP contribution is -2.36. The Morgan fingerprint density at radius 1 is 0.863 bits per heavy atom. The molecule has 2 bridgehead atoms. The van der Waals surface area contributed by atoms with E-state index in [4.69, 9.17) is 62.6 Å². The van der Waals surface area contributed by atoms with Crippen molar-refractivity contribution in [1.82, 2.24) is 29.1 Å². The summed E-state index contributed by atoms with van der Waals surface area (Å²) in [6, 6.07) is 0. The highest BCUT2D eigenvalue weighted by Gasteiger charge is 2.52. The van der Waals surface area contributed by atoms with Crippen LogP contribution >= 0.6 is 13.4 Å². The van der Waals surface area contributed by atoms with Gasteiger partial charge in [0, 0.05) is 18.9 Å². The number of nitrogens with zero attached hydrogens (tertiary/aromatic N) is 6. The molecule has 0 aromatic carbocycles. The van der Waals surface area contributed by atoms with Crippen LogP contribution in [0.15, 0.2) is 25.0 Å². The molecule has 51 heavy (non-hydrogen) atoms. The fraction of sp³-hybridized carbons (Fsp3) is 0.571. The van der Waals surface area contributed by atoms with Crippen LogP contribution in [0, 0.1) is 0 Å². The molecule has 19 nitrogen and oxygen atoms in total. The number of hydrogen-bond donors (Lipinski definition) is 7. The second-order valence-electron chi connectivity index (χ2n) is 12.7. The summed E-state index contributed by atoms with van der Waals surface area (Å²) in [4.78, 5) is 40.0. The Morgan fingerprint density at radius 2 is 1.53 bits per heavy atom. The Morgan fingerprint density at radius 3 is 2.29 bits per heavy atom. The molecule has 4 aromatic heterocycles. The molecule has 3 fully saturated rings. The quantitative estimate of drug-likeness (QED) is 0.136. The van der Waals surface area contributed by atoms with E-state index in [0.717, 1.165) is 35.9 Å². The van der Waals surface area contributed by atoms with Crippen molar-refractivity contribution in [1.29, 1.82) is 0 Å². The van der Waals surface area contributed by atoms with Gasteiger partial charge in [-0.1, -0.05) is 0 Å². The number of aliphatic hydroxyl groups is 2. The monoisotopic (exact) mass is 785 g/mol. The minimum absolute atomic E-state index is 0.237. The van der Waals surface area contributed by atoms with Gasteiger partial charge in [-0.15, -0.1) is 0 Å². The third kappa shape index (κ3) is 6.62. The molecule has 276 valence electrons. The lowest BCUT2D eigenvalue weighted by Gasteiger charge is -2.28. The number of aryl methyl sites for hydroxylation is 2. The molecular formula is C28H37N9O10P2S2. The Labute approximate surface area is 300 Å². The summed E-state index contributed by atoms with van der Waals surface area (Å²) in [6.45, 7) is -8.04. The molecule has 2 unspecified atom stereocenters. The predicted octanol–water partition coefficient (Wildman–Crippen LogP) is 0.475. The van der Waals surface area contributed by atoms with Crippen molar-refractivity contribution in [2.75, 3.05) is 37.4 Å². The molecule has 0 aliphatic carbocycles. The van der Waals surface area contributed by atoms with Crippen molar-refractivity contribution in [3.8, 4) is 0 Å². The summed E-state index contributed by atoms with van der Waals surface area (Å²) in [5.74, 6) is 0.910. The highest BCUT2D eigenvalue weighted by atomic mass is 32.5. The number of aromatic nitrogens is 6. The molecule has 4 aliphatic rings. The number of ether oxygens (including phenoxy) is 2. The van der Waals surface area contributed by atoms with Crippen LogP contribution in [-0.2, 0) is 64.0 Å². The van der Waals surface area contributed by atoms with Crippen molar-refractivity contribution < 1.29 is 47.6 Å². The maximum absolute atomic E-state index is 11.6. The normalized spacial score (nSPS) is 35.9. The van der Waals surface area contributed by atoms with E-state index in [0.29, 0.717) is 41.9 Å². The summed E-state index contributed by atoms with van der Waals surface area (Å²) in [5, 5.41) is 27.8. The molecule has 0 spiro atoms. The van der Waals surface area contributed by atoms with Crippen LogP contribution in [0.4, 0.5) is 11.6 Å². The molecular weight excluding hydrogens is 748 g/mol. The fourth-order valence-corrected chi connectivity index (χ4v) is 10.00. The Kier molecular flexibility index (Phi) is 9.69. The molecule has 4 aliphatic heterocycles. The van der Waals surface area contributed by atoms with Crippen molar-refractivity contribution in [2.45, 2.75) is 74.8 Å². The van der Waals surface area contributed by atoms with Crippen LogP contribution in [0.5, 0.6) is 0 Å². The summed E-state index contributed by atoms with van der Waals surface area (Å²) >= 11 is 10.8. The van der Waals surface area contributed by atoms with Crippen LogP contribution in [-0.4, -0.2) is 112 Å². The van der Waals surface area contributed by atoms with Gasteiger partial charge in [0.15, 0.2) is 12.5 Å². The molecule has 0 radical (unpaired) electrons. The average molecular weight is 786 g/mol. The van der Waals surface area contributed by atoms with Gasteiger partial charge in [0.05, 0.1) is 24.0 Å². The largest absolute Gasteiger partial charge is 0.387 e. The summed E-state index contributed by atoms with van der Waals surface area (Å²) in [7, 11) is 0. The van der Waals surface area contributed by atoms with Gasteiger partial charge in [0.2, 0.25) is 0 Å². The number of rotatable bonds is 5. The van der Waals surface area contributed by atoms with Crippen molar-refractivity contribution in [2.24, 2.45) is 5.73 Å². The van der Waals surface area contributed by atoms with Gasteiger partial charge in [0.25, 0.3) is 0 Å². The molecule has 8 heterocycles. The number of nitrogen functional groups attached to an aromatic ring is 1. The first-order chi connectivity index (χ1) is 24.4. The van der Waals surface area contributed by atoms with E-state index in [1.165, 1.54) is 12.7 Å². The number of nitrogens with one attached hydrogen (secondary N) is 1. The SMILES string of the molecule is NCCCc1cn([C@@H]2O[C@@H]3COP(O)(=S)O[C@H]4[C@@H](O)[C@H](n5cc6c7c(ncnc75)NCCC6)O[C@@H]4COP(O)(=S)O[C@@H]2[C@@H]3O)c2ncnc(N)c12. The van der Waals surface area contributed by atoms with Gasteiger partial charge < -0.3 is 64.4 Å². The molecule has 0 saturated carbocycles. The highest BCUT2D eigenvalue weighted by Crippen LogP contribution is 2.54. The molecule has 10 atom stereocenters. The van der Waals surface area contributed by atoms with Gasteiger partial charge in [-0.25, -0.2) is 19.9 Å². The van der Waals surface area contributed by atoms with Crippen LogP contribution in [0.3, 0.4) is 0 Å². The smallest absolute Gasteiger partial charge is 0.325 e. The maximum atomic E-state index is 11.6. The van der Waals surface area contributed by atoms with Crippen molar-refractivity contribution >= 4 is 70.8 Å². The molecule has 3 saturated heterocycles. The number of anilines is 2. The lowest BCUT2D eigenvalue weighted by atomic mass is 10.1. The van der Waals surface area contributed by atoms with Crippen LogP contribution in [0.25, 0.3) is 22.1 Å². The zero-order chi connectivity index (χ0) is 35.7. The maximum Gasteiger partial charge on any atom is 0.325 e. The molecule has 8 rings (SSSR count). The zero-order valence-corrected chi connectivity index (χ0v) is 30.3. The first-order valence-electron chi connectivity index (χ1n) is 16.3. The van der Waals surface area contributed by atoms with Crippen LogP contribution in [0.1, 0.15) is 36.4 Å². The average Bonchev–Trinajstić information content (AvgIpc) is 3.78. The lowest BCUT2D eigenvalue weighted by molar-refractivity contribution is -0.0605. The van der Waals surface area contributed by atoms with Crippen LogP contribution in [0.2, 0.25) is 0 Å². The number of aliphatic hydroxyl groups excluding tert-OH is 2. The van der Waals surface area contributed by atoms with E-state index < -0.39 is 75.7 Å². The van der Waals surface area contributed by atoms with Gasteiger partial charge in [0.1, 0.15) is 72.2 Å². The van der Waals surface area contributed by atoms with Gasteiger partial charge >= 0.3 is 13.4 Å².